The number of benzene rings is 2. The van der Waals surface area contributed by atoms with E-state index in [0.717, 1.165) is 10.0 Å². The van der Waals surface area contributed by atoms with Gasteiger partial charge in [0.1, 0.15) is 11.5 Å². The number of aryl methyl sites for hydroxylation is 1. The number of rotatable bonds is 3. The van der Waals surface area contributed by atoms with Gasteiger partial charge in [0, 0.05) is 16.6 Å². The lowest BCUT2D eigenvalue weighted by molar-refractivity contribution is -0.384. The molecule has 2 aromatic rings. The molecule has 2 rings (SSSR count). The maximum Gasteiger partial charge on any atom is 0.271 e. The highest BCUT2D eigenvalue weighted by atomic mass is 79.9. The van der Waals surface area contributed by atoms with Crippen molar-refractivity contribution in [3.05, 3.63) is 61.6 Å². The minimum absolute atomic E-state index is 0.0649. The van der Waals surface area contributed by atoms with E-state index < -0.39 is 4.92 Å². The number of non-ortho nitro benzene ring substituents is 1. The molecule has 0 N–H and O–H groups in total. The van der Waals surface area contributed by atoms with Gasteiger partial charge in [0.25, 0.3) is 5.69 Å². The molecular weight excluding hydrogens is 334 g/mol. The van der Waals surface area contributed by atoms with Gasteiger partial charge < -0.3 is 4.74 Å². The first-order valence-corrected chi connectivity index (χ1v) is 6.52. The third-order valence-electron chi connectivity index (χ3n) is 2.48. The minimum Gasteiger partial charge on any atom is -0.456 e. The van der Waals surface area contributed by atoms with E-state index in [1.807, 2.05) is 19.1 Å². The Morgan fingerprint density at radius 2 is 1.89 bits per heavy atom. The summed E-state index contributed by atoms with van der Waals surface area (Å²) in [7, 11) is 0. The molecule has 0 aliphatic heterocycles. The van der Waals surface area contributed by atoms with Gasteiger partial charge in [-0.1, -0.05) is 27.5 Å². The van der Waals surface area contributed by atoms with E-state index in [2.05, 4.69) is 15.9 Å². The highest BCUT2D eigenvalue weighted by Gasteiger charge is 2.11. The van der Waals surface area contributed by atoms with E-state index in [1.54, 1.807) is 6.07 Å². The Hall–Kier alpha value is -1.59. The highest BCUT2D eigenvalue weighted by Crippen LogP contribution is 2.34. The molecule has 0 heterocycles. The van der Waals surface area contributed by atoms with Gasteiger partial charge in [0.05, 0.1) is 9.95 Å². The third kappa shape index (κ3) is 3.24. The van der Waals surface area contributed by atoms with Crippen molar-refractivity contribution in [1.29, 1.82) is 0 Å². The fourth-order valence-electron chi connectivity index (χ4n) is 1.53. The molecule has 0 aliphatic rings. The zero-order valence-corrected chi connectivity index (χ0v) is 12.2. The lowest BCUT2D eigenvalue weighted by Gasteiger charge is -2.10. The van der Waals surface area contributed by atoms with Gasteiger partial charge in [-0.25, -0.2) is 0 Å². The summed E-state index contributed by atoms with van der Waals surface area (Å²) in [5.41, 5.74) is 0.869. The van der Waals surface area contributed by atoms with Crippen molar-refractivity contribution in [3.63, 3.8) is 0 Å². The van der Waals surface area contributed by atoms with Crippen LogP contribution < -0.4 is 4.74 Å². The van der Waals surface area contributed by atoms with Crippen LogP contribution in [-0.2, 0) is 0 Å². The fourth-order valence-corrected chi connectivity index (χ4v) is 2.22. The molecule has 0 radical (unpaired) electrons. The first kappa shape index (κ1) is 13.8. The van der Waals surface area contributed by atoms with Crippen LogP contribution in [0.15, 0.2) is 40.9 Å². The first-order valence-electron chi connectivity index (χ1n) is 5.35. The van der Waals surface area contributed by atoms with Crippen LogP contribution in [0.2, 0.25) is 5.02 Å². The molecule has 0 saturated carbocycles. The van der Waals surface area contributed by atoms with Gasteiger partial charge in [0.2, 0.25) is 0 Å². The van der Waals surface area contributed by atoms with Gasteiger partial charge in [-0.15, -0.1) is 0 Å². The average molecular weight is 343 g/mol. The van der Waals surface area contributed by atoms with Crippen molar-refractivity contribution in [2.45, 2.75) is 6.92 Å². The number of halogens is 2. The van der Waals surface area contributed by atoms with Crippen LogP contribution in [0.4, 0.5) is 5.69 Å². The van der Waals surface area contributed by atoms with Gasteiger partial charge in [-0.05, 0) is 36.8 Å². The molecule has 0 spiro atoms. The normalized spacial score (nSPS) is 10.3. The van der Waals surface area contributed by atoms with Crippen LogP contribution in [0.3, 0.4) is 0 Å². The maximum atomic E-state index is 10.6. The molecule has 0 aliphatic carbocycles. The van der Waals surface area contributed by atoms with E-state index in [9.17, 15) is 10.1 Å². The number of nitrogens with zero attached hydrogens (tertiary/aromatic N) is 1. The standard InChI is InChI=1S/C13H9BrClNO3/c1-8-6-9(14)2-4-12(8)19-13-5-3-10(16(17)18)7-11(13)15/h2-7H,1H3. The number of nitro benzene ring substituents is 1. The smallest absolute Gasteiger partial charge is 0.271 e. The molecule has 0 fully saturated rings. The molecule has 0 atom stereocenters. The second-order valence-electron chi connectivity index (χ2n) is 3.88. The van der Waals surface area contributed by atoms with Crippen LogP contribution in [0, 0.1) is 17.0 Å². The Balaban J connectivity index is 2.31. The molecule has 2 aromatic carbocycles. The topological polar surface area (TPSA) is 52.4 Å². The molecule has 0 unspecified atom stereocenters. The van der Waals surface area contributed by atoms with E-state index in [0.29, 0.717) is 11.5 Å². The number of hydrogen-bond donors (Lipinski definition) is 0. The third-order valence-corrected chi connectivity index (χ3v) is 3.27. The summed E-state index contributed by atoms with van der Waals surface area (Å²) in [5, 5.41) is 10.8. The Morgan fingerprint density at radius 3 is 2.47 bits per heavy atom. The zero-order valence-electron chi connectivity index (χ0n) is 9.89. The first-order chi connectivity index (χ1) is 8.97. The monoisotopic (exact) mass is 341 g/mol. The fraction of sp³-hybridized carbons (Fsp3) is 0.0769. The summed E-state index contributed by atoms with van der Waals surface area (Å²) < 4.78 is 6.61. The average Bonchev–Trinajstić information content (AvgIpc) is 2.34. The Kier molecular flexibility index (Phi) is 4.07. The van der Waals surface area contributed by atoms with E-state index in [1.165, 1.54) is 18.2 Å². The van der Waals surface area contributed by atoms with E-state index >= 15 is 0 Å². The van der Waals surface area contributed by atoms with Crippen LogP contribution in [0.25, 0.3) is 0 Å². The summed E-state index contributed by atoms with van der Waals surface area (Å²) in [4.78, 5) is 10.1. The maximum absolute atomic E-state index is 10.6. The van der Waals surface area contributed by atoms with Crippen LogP contribution in [-0.4, -0.2) is 4.92 Å². The molecule has 6 heteroatoms. The van der Waals surface area contributed by atoms with Gasteiger partial charge >= 0.3 is 0 Å². The lowest BCUT2D eigenvalue weighted by atomic mass is 10.2. The van der Waals surface area contributed by atoms with Crippen molar-refractivity contribution >= 4 is 33.2 Å². The van der Waals surface area contributed by atoms with Crippen molar-refractivity contribution in [1.82, 2.24) is 0 Å². The SMILES string of the molecule is Cc1cc(Br)ccc1Oc1ccc([N+](=O)[O-])cc1Cl. The molecule has 0 aromatic heterocycles. The van der Waals surface area contributed by atoms with Crippen LogP contribution in [0.1, 0.15) is 5.56 Å². The van der Waals surface area contributed by atoms with E-state index in [-0.39, 0.29) is 10.7 Å². The molecule has 0 bridgehead atoms. The number of hydrogen-bond acceptors (Lipinski definition) is 3. The quantitative estimate of drug-likeness (QED) is 0.575. The molecular formula is C13H9BrClNO3. The number of nitro groups is 1. The molecule has 98 valence electrons. The van der Waals surface area contributed by atoms with Gasteiger partial charge in [-0.3, -0.25) is 10.1 Å². The molecule has 0 saturated heterocycles. The highest BCUT2D eigenvalue weighted by molar-refractivity contribution is 9.10. The van der Waals surface area contributed by atoms with Crippen LogP contribution in [0.5, 0.6) is 11.5 Å². The summed E-state index contributed by atoms with van der Waals surface area (Å²) in [6.45, 7) is 1.90. The van der Waals surface area contributed by atoms with Crippen molar-refractivity contribution in [2.24, 2.45) is 0 Å². The Bertz CT molecular complexity index is 646. The predicted octanol–water partition coefficient (Wildman–Crippen LogP) is 5.11. The number of ether oxygens (including phenoxy) is 1. The second kappa shape index (κ2) is 5.59. The Morgan fingerprint density at radius 1 is 1.21 bits per heavy atom. The van der Waals surface area contributed by atoms with Crippen molar-refractivity contribution in [2.75, 3.05) is 0 Å². The van der Waals surface area contributed by atoms with Gasteiger partial charge in [0.15, 0.2) is 0 Å². The lowest BCUT2D eigenvalue weighted by Crippen LogP contribution is -1.91. The summed E-state index contributed by atoms with van der Waals surface area (Å²) in [6, 6.07) is 9.68. The van der Waals surface area contributed by atoms with Crippen molar-refractivity contribution < 1.29 is 9.66 Å². The Labute approximate surface area is 123 Å². The van der Waals surface area contributed by atoms with E-state index in [4.69, 9.17) is 16.3 Å². The largest absolute Gasteiger partial charge is 0.456 e. The minimum atomic E-state index is -0.499. The molecule has 19 heavy (non-hydrogen) atoms. The summed E-state index contributed by atoms with van der Waals surface area (Å²) in [5.74, 6) is 1.04. The van der Waals surface area contributed by atoms with Gasteiger partial charge in [-0.2, -0.15) is 0 Å². The summed E-state index contributed by atoms with van der Waals surface area (Å²) >= 11 is 9.33. The zero-order chi connectivity index (χ0) is 14.0. The predicted molar refractivity (Wildman–Crippen MR) is 77.1 cm³/mol. The van der Waals surface area contributed by atoms with Crippen molar-refractivity contribution in [3.8, 4) is 11.5 Å². The second-order valence-corrected chi connectivity index (χ2v) is 5.21. The molecule has 0 amide bonds. The molecule has 4 nitrogen and oxygen atoms in total. The van der Waals surface area contributed by atoms with Crippen LogP contribution >= 0.6 is 27.5 Å². The summed E-state index contributed by atoms with van der Waals surface area (Å²) in [6.07, 6.45) is 0.